The van der Waals surface area contributed by atoms with Gasteiger partial charge in [-0.05, 0) is 74.0 Å². The molecule has 0 aliphatic carbocycles. The number of para-hydroxylation sites is 1. The molecule has 10 aromatic rings. The summed E-state index contributed by atoms with van der Waals surface area (Å²) < 4.78 is 11.8. The summed E-state index contributed by atoms with van der Waals surface area (Å²) in [5.41, 5.74) is 13.9. The van der Waals surface area contributed by atoms with Crippen LogP contribution in [0.3, 0.4) is 0 Å². The van der Waals surface area contributed by atoms with Crippen molar-refractivity contribution < 1.29 is 4.42 Å². The predicted molar refractivity (Wildman–Crippen MR) is 220 cm³/mol. The summed E-state index contributed by atoms with van der Waals surface area (Å²) >= 11 is 0. The van der Waals surface area contributed by atoms with Crippen LogP contribution in [0.15, 0.2) is 126 Å². The molecule has 52 heavy (non-hydrogen) atoms. The Labute approximate surface area is 302 Å². The molecule has 11 rings (SSSR count). The van der Waals surface area contributed by atoms with Gasteiger partial charge in [-0.15, -0.1) is 0 Å². The molecule has 0 saturated heterocycles. The van der Waals surface area contributed by atoms with Crippen molar-refractivity contribution in [2.75, 3.05) is 0 Å². The van der Waals surface area contributed by atoms with Gasteiger partial charge in [-0.3, -0.25) is 8.97 Å². The third-order valence-corrected chi connectivity index (χ3v) is 11.6. The lowest BCUT2D eigenvalue weighted by molar-refractivity contribution is 0.569. The zero-order valence-electron chi connectivity index (χ0n) is 30.4. The van der Waals surface area contributed by atoms with E-state index in [1.807, 2.05) is 0 Å². The molecular formula is C47H38BN3O. The van der Waals surface area contributed by atoms with Crippen LogP contribution in [0.5, 0.6) is 0 Å². The van der Waals surface area contributed by atoms with Gasteiger partial charge in [0.2, 0.25) is 5.78 Å². The maximum atomic E-state index is 6.96. The predicted octanol–water partition coefficient (Wildman–Crippen LogP) is 10.1. The lowest BCUT2D eigenvalue weighted by Crippen LogP contribution is -2.57. The van der Waals surface area contributed by atoms with Crippen LogP contribution in [0, 0.1) is 0 Å². The molecule has 0 fully saturated rings. The molecule has 0 N–H and O–H groups in total. The monoisotopic (exact) mass is 671 g/mol. The Balaban J connectivity index is 1.38. The highest BCUT2D eigenvalue weighted by molar-refractivity contribution is 6.99. The maximum absolute atomic E-state index is 6.96. The van der Waals surface area contributed by atoms with Crippen LogP contribution in [0.2, 0.25) is 0 Å². The molecule has 0 atom stereocenters. The van der Waals surface area contributed by atoms with Gasteiger partial charge in [-0.1, -0.05) is 138 Å². The van der Waals surface area contributed by atoms with Crippen molar-refractivity contribution in [1.82, 2.24) is 14.0 Å². The van der Waals surface area contributed by atoms with Crippen LogP contribution >= 0.6 is 0 Å². The number of benzene rings is 7. The standard InChI is InChI=1S/C47H38BN3O/c1-46(2,3)29-24-30(47(4,5)6)26-31(25-29)48-35-21-18-28-13-11-16-36-40(28)43(35)51(37-23-20-34-33-15-9-10-17-39(33)52-44(34)41(37)48)45-49-42-32-14-8-7-12-27(32)19-22-38(42)50(36)45/h7-26H,1-6H3. The number of aromatic nitrogens is 3. The number of hydrogen-bond donors (Lipinski definition) is 0. The highest BCUT2D eigenvalue weighted by Crippen LogP contribution is 2.38. The van der Waals surface area contributed by atoms with Crippen molar-refractivity contribution in [3.8, 4) is 5.69 Å². The lowest BCUT2D eigenvalue weighted by Gasteiger charge is -2.32. The van der Waals surface area contributed by atoms with E-state index in [0.717, 1.165) is 49.8 Å². The molecule has 4 nitrogen and oxygen atoms in total. The molecule has 0 bridgehead atoms. The summed E-state index contributed by atoms with van der Waals surface area (Å²) in [5.74, 6) is 0.910. The van der Waals surface area contributed by atoms with Crippen molar-refractivity contribution in [3.63, 3.8) is 0 Å². The fraction of sp³-hybridized carbons (Fsp3) is 0.170. The first kappa shape index (κ1) is 29.9. The molecule has 3 aromatic heterocycles. The first-order valence-corrected chi connectivity index (χ1v) is 18.4. The topological polar surface area (TPSA) is 35.4 Å². The van der Waals surface area contributed by atoms with Gasteiger partial charge in [0, 0.05) is 27.2 Å². The van der Waals surface area contributed by atoms with Crippen molar-refractivity contribution in [2.45, 2.75) is 52.4 Å². The fourth-order valence-corrected chi connectivity index (χ4v) is 8.99. The largest absolute Gasteiger partial charge is 0.457 e. The average Bonchev–Trinajstić information content (AvgIpc) is 3.72. The second-order valence-electron chi connectivity index (χ2n) is 16.9. The van der Waals surface area contributed by atoms with E-state index in [1.54, 1.807) is 0 Å². The van der Waals surface area contributed by atoms with Gasteiger partial charge in [0.15, 0.2) is 0 Å². The van der Waals surface area contributed by atoms with E-state index >= 15 is 0 Å². The van der Waals surface area contributed by atoms with E-state index in [-0.39, 0.29) is 17.5 Å². The van der Waals surface area contributed by atoms with Crippen molar-refractivity contribution in [2.24, 2.45) is 0 Å². The van der Waals surface area contributed by atoms with Crippen LogP contribution in [0.1, 0.15) is 52.7 Å². The Bertz CT molecular complexity index is 3130. The second-order valence-corrected chi connectivity index (χ2v) is 16.9. The third-order valence-electron chi connectivity index (χ3n) is 11.6. The fourth-order valence-electron chi connectivity index (χ4n) is 8.99. The van der Waals surface area contributed by atoms with Gasteiger partial charge in [0.05, 0.1) is 22.1 Å². The first-order valence-electron chi connectivity index (χ1n) is 18.4. The molecule has 0 amide bonds. The maximum Gasteiger partial charge on any atom is 0.251 e. The van der Waals surface area contributed by atoms with Gasteiger partial charge in [-0.25, -0.2) is 4.98 Å². The second kappa shape index (κ2) is 9.95. The Morgan fingerprint density at radius 1 is 0.615 bits per heavy atom. The van der Waals surface area contributed by atoms with E-state index in [2.05, 4.69) is 172 Å². The minimum atomic E-state index is -0.0665. The highest BCUT2D eigenvalue weighted by Gasteiger charge is 2.38. The zero-order valence-corrected chi connectivity index (χ0v) is 30.4. The molecule has 0 radical (unpaired) electrons. The van der Waals surface area contributed by atoms with Crippen LogP contribution in [0.25, 0.3) is 77.0 Å². The normalized spacial score (nSPS) is 13.5. The third kappa shape index (κ3) is 3.91. The number of rotatable bonds is 1. The number of hydrogen-bond acceptors (Lipinski definition) is 2. The van der Waals surface area contributed by atoms with Gasteiger partial charge in [0.1, 0.15) is 11.2 Å². The molecule has 250 valence electrons. The van der Waals surface area contributed by atoms with Crippen molar-refractivity contribution in [1.29, 1.82) is 0 Å². The van der Waals surface area contributed by atoms with Crippen LogP contribution < -0.4 is 16.4 Å². The van der Waals surface area contributed by atoms with Gasteiger partial charge >= 0.3 is 0 Å². The molecule has 4 heterocycles. The smallest absolute Gasteiger partial charge is 0.251 e. The summed E-state index contributed by atoms with van der Waals surface area (Å²) in [5, 5.41) is 7.11. The van der Waals surface area contributed by atoms with E-state index in [1.165, 1.54) is 54.7 Å². The van der Waals surface area contributed by atoms with Crippen LogP contribution in [-0.4, -0.2) is 20.7 Å². The lowest BCUT2D eigenvalue weighted by atomic mass is 9.35. The van der Waals surface area contributed by atoms with Gasteiger partial charge < -0.3 is 4.42 Å². The molecule has 0 unspecified atom stereocenters. The summed E-state index contributed by atoms with van der Waals surface area (Å²) in [7, 11) is 0. The summed E-state index contributed by atoms with van der Waals surface area (Å²) in [6.45, 7) is 13.9. The quantitative estimate of drug-likeness (QED) is 0.163. The summed E-state index contributed by atoms with van der Waals surface area (Å²) in [6.07, 6.45) is 0. The number of furan rings is 1. The van der Waals surface area contributed by atoms with E-state index in [0.29, 0.717) is 0 Å². The number of imidazole rings is 1. The van der Waals surface area contributed by atoms with Crippen LogP contribution in [-0.2, 0) is 10.8 Å². The molecular weight excluding hydrogens is 633 g/mol. The SMILES string of the molecule is CC(C)(C)c1cc(B2c3c(ccc4c3oc3ccccc34)-n3c4c2ccc2cccc(c24)n2c4ccc5ccccc5c4nc32)cc(C(C)(C)C)c1. The molecule has 5 heteroatoms. The van der Waals surface area contributed by atoms with Crippen molar-refractivity contribution in [3.05, 3.63) is 132 Å². The molecule has 1 aliphatic heterocycles. The summed E-state index contributed by atoms with van der Waals surface area (Å²) in [4.78, 5) is 5.57. The molecule has 0 saturated carbocycles. The highest BCUT2D eigenvalue weighted by atomic mass is 16.3. The summed E-state index contributed by atoms with van der Waals surface area (Å²) in [6, 6.07) is 44.9. The van der Waals surface area contributed by atoms with E-state index in [9.17, 15) is 0 Å². The Hall–Kier alpha value is -5.81. The van der Waals surface area contributed by atoms with E-state index < -0.39 is 0 Å². The van der Waals surface area contributed by atoms with Gasteiger partial charge in [0.25, 0.3) is 6.71 Å². The Morgan fingerprint density at radius 3 is 2.12 bits per heavy atom. The van der Waals surface area contributed by atoms with Crippen molar-refractivity contribution >= 4 is 94.4 Å². The molecule has 7 aromatic carbocycles. The molecule has 1 aliphatic rings. The molecule has 0 spiro atoms. The zero-order chi connectivity index (χ0) is 35.3. The minimum absolute atomic E-state index is 0.0244. The number of nitrogens with zero attached hydrogens (tertiary/aromatic N) is 3. The van der Waals surface area contributed by atoms with Gasteiger partial charge in [-0.2, -0.15) is 0 Å². The Kier molecular flexibility index (Phi) is 5.72. The minimum Gasteiger partial charge on any atom is -0.457 e. The van der Waals surface area contributed by atoms with Crippen LogP contribution in [0.4, 0.5) is 0 Å². The Morgan fingerprint density at radius 2 is 1.33 bits per heavy atom. The first-order chi connectivity index (χ1) is 25.1. The van der Waals surface area contributed by atoms with E-state index in [4.69, 9.17) is 9.40 Å². The number of fused-ring (bicyclic) bond motifs is 13. The average molecular weight is 672 g/mol.